The van der Waals surface area contributed by atoms with E-state index < -0.39 is 5.97 Å². The zero-order valence-electron chi connectivity index (χ0n) is 15.2. The molecule has 2 aromatic heterocycles. The largest absolute Gasteiger partial charge is 0.454 e. The molecule has 4 aromatic rings. The van der Waals surface area contributed by atoms with Crippen LogP contribution >= 0.6 is 15.9 Å². The first-order valence-corrected chi connectivity index (χ1v) is 9.67. The summed E-state index contributed by atoms with van der Waals surface area (Å²) in [6.45, 7) is -0.337. The van der Waals surface area contributed by atoms with Gasteiger partial charge >= 0.3 is 5.97 Å². The minimum Gasteiger partial charge on any atom is -0.454 e. The second-order valence-electron chi connectivity index (χ2n) is 6.32. The molecular formula is C23H15BrN2O3. The van der Waals surface area contributed by atoms with Crippen LogP contribution in [-0.2, 0) is 4.74 Å². The summed E-state index contributed by atoms with van der Waals surface area (Å²) in [7, 11) is 0. The topological polar surface area (TPSA) is 69.2 Å². The van der Waals surface area contributed by atoms with E-state index in [0.29, 0.717) is 27.7 Å². The van der Waals surface area contributed by atoms with E-state index in [1.54, 1.807) is 36.7 Å². The lowest BCUT2D eigenvalue weighted by molar-refractivity contribution is 0.0476. The average Bonchev–Trinajstić information content (AvgIpc) is 2.77. The van der Waals surface area contributed by atoms with Crippen molar-refractivity contribution in [2.45, 2.75) is 0 Å². The lowest BCUT2D eigenvalue weighted by Gasteiger charge is -2.10. The zero-order chi connectivity index (χ0) is 20.2. The molecule has 0 N–H and O–H groups in total. The molecule has 6 heteroatoms. The molecule has 142 valence electrons. The highest BCUT2D eigenvalue weighted by Crippen LogP contribution is 2.25. The third kappa shape index (κ3) is 4.22. The fourth-order valence-electron chi connectivity index (χ4n) is 2.97. The SMILES string of the molecule is O=C(COC(=O)c1cc(-c2ccncc2)nc2ccccc12)c1cccc(Br)c1. The van der Waals surface area contributed by atoms with Crippen LogP contribution in [0.1, 0.15) is 20.7 Å². The van der Waals surface area contributed by atoms with Crippen LogP contribution in [0.3, 0.4) is 0 Å². The number of pyridine rings is 2. The minimum atomic E-state index is -0.567. The maximum atomic E-state index is 12.8. The first-order valence-electron chi connectivity index (χ1n) is 8.88. The Balaban J connectivity index is 1.64. The van der Waals surface area contributed by atoms with Crippen molar-refractivity contribution in [1.29, 1.82) is 0 Å². The number of ketones is 1. The quantitative estimate of drug-likeness (QED) is 0.315. The number of esters is 1. The summed E-state index contributed by atoms with van der Waals surface area (Å²) in [6.07, 6.45) is 3.34. The van der Waals surface area contributed by atoms with Gasteiger partial charge in [-0.15, -0.1) is 0 Å². The Hall–Kier alpha value is -3.38. The lowest BCUT2D eigenvalue weighted by Crippen LogP contribution is -2.15. The molecule has 0 unspecified atom stereocenters. The van der Waals surface area contributed by atoms with Gasteiger partial charge in [-0.3, -0.25) is 9.78 Å². The third-order valence-corrected chi connectivity index (χ3v) is 4.89. The summed E-state index contributed by atoms with van der Waals surface area (Å²) < 4.78 is 6.13. The van der Waals surface area contributed by atoms with Gasteiger partial charge in [0.15, 0.2) is 12.4 Å². The second-order valence-corrected chi connectivity index (χ2v) is 7.23. The van der Waals surface area contributed by atoms with Crippen LogP contribution in [0.5, 0.6) is 0 Å². The second kappa shape index (κ2) is 8.32. The molecule has 0 aliphatic heterocycles. The van der Waals surface area contributed by atoms with E-state index in [2.05, 4.69) is 25.9 Å². The number of fused-ring (bicyclic) bond motifs is 1. The molecule has 0 saturated carbocycles. The molecule has 0 radical (unpaired) electrons. The molecule has 5 nitrogen and oxygen atoms in total. The van der Waals surface area contributed by atoms with Gasteiger partial charge in [0.25, 0.3) is 0 Å². The van der Waals surface area contributed by atoms with Crippen LogP contribution in [0.2, 0.25) is 0 Å². The number of para-hydroxylation sites is 1. The Morgan fingerprint density at radius 2 is 1.72 bits per heavy atom. The van der Waals surface area contributed by atoms with Gasteiger partial charge in [-0.1, -0.05) is 46.3 Å². The minimum absolute atomic E-state index is 0.271. The van der Waals surface area contributed by atoms with Gasteiger partial charge in [0.2, 0.25) is 0 Å². The molecule has 2 aromatic carbocycles. The van der Waals surface area contributed by atoms with Crippen LogP contribution in [0, 0.1) is 0 Å². The van der Waals surface area contributed by atoms with Gasteiger partial charge in [-0.2, -0.15) is 0 Å². The van der Waals surface area contributed by atoms with Crippen molar-refractivity contribution in [3.05, 3.63) is 94.7 Å². The molecule has 0 aliphatic rings. The van der Waals surface area contributed by atoms with Crippen molar-refractivity contribution < 1.29 is 14.3 Å². The number of halogens is 1. The maximum absolute atomic E-state index is 12.8. The highest BCUT2D eigenvalue weighted by molar-refractivity contribution is 9.10. The first-order chi connectivity index (χ1) is 14.1. The van der Waals surface area contributed by atoms with Gasteiger partial charge in [0.05, 0.1) is 16.8 Å². The number of carbonyl (C=O) groups excluding carboxylic acids is 2. The Kier molecular flexibility index (Phi) is 5.44. The molecule has 29 heavy (non-hydrogen) atoms. The number of aromatic nitrogens is 2. The van der Waals surface area contributed by atoms with E-state index >= 15 is 0 Å². The summed E-state index contributed by atoms with van der Waals surface area (Å²) in [4.78, 5) is 33.8. The molecule has 0 aliphatic carbocycles. The fraction of sp³-hybridized carbons (Fsp3) is 0.0435. The number of nitrogens with zero attached hydrogens (tertiary/aromatic N) is 2. The van der Waals surface area contributed by atoms with Gasteiger partial charge < -0.3 is 4.74 Å². The van der Waals surface area contributed by atoms with Crippen LogP contribution < -0.4 is 0 Å². The van der Waals surface area contributed by atoms with Gasteiger partial charge in [0, 0.05) is 33.4 Å². The van der Waals surface area contributed by atoms with Crippen LogP contribution in [0.4, 0.5) is 0 Å². The van der Waals surface area contributed by atoms with Gasteiger partial charge in [-0.05, 0) is 36.4 Å². The van der Waals surface area contributed by atoms with Gasteiger partial charge in [0.1, 0.15) is 0 Å². The van der Waals surface area contributed by atoms with E-state index in [-0.39, 0.29) is 12.4 Å². The summed E-state index contributed by atoms with van der Waals surface area (Å²) in [6, 6.07) is 19.6. The fourth-order valence-corrected chi connectivity index (χ4v) is 3.37. The Labute approximate surface area is 175 Å². The highest BCUT2D eigenvalue weighted by atomic mass is 79.9. The molecule has 0 atom stereocenters. The molecular weight excluding hydrogens is 432 g/mol. The lowest BCUT2D eigenvalue weighted by atomic mass is 10.0. The third-order valence-electron chi connectivity index (χ3n) is 4.39. The predicted octanol–water partition coefficient (Wildman–Crippen LogP) is 5.10. The summed E-state index contributed by atoms with van der Waals surface area (Å²) in [5.74, 6) is -0.838. The maximum Gasteiger partial charge on any atom is 0.339 e. The van der Waals surface area contributed by atoms with Crippen molar-refractivity contribution in [3.63, 3.8) is 0 Å². The van der Waals surface area contributed by atoms with Crippen molar-refractivity contribution in [2.75, 3.05) is 6.61 Å². The Morgan fingerprint density at radius 3 is 2.52 bits per heavy atom. The number of hydrogen-bond donors (Lipinski definition) is 0. The standard InChI is InChI=1S/C23H15BrN2O3/c24-17-5-3-4-16(12-17)22(27)14-29-23(28)19-13-21(15-8-10-25-11-9-15)26-20-7-2-1-6-18(19)20/h1-13H,14H2. The number of Topliss-reactive ketones (excluding diaryl/α,β-unsaturated/α-hetero) is 1. The monoisotopic (exact) mass is 446 g/mol. The molecule has 2 heterocycles. The summed E-state index contributed by atoms with van der Waals surface area (Å²) in [5, 5.41) is 0.671. The number of hydrogen-bond acceptors (Lipinski definition) is 5. The molecule has 0 spiro atoms. The number of rotatable bonds is 5. The highest BCUT2D eigenvalue weighted by Gasteiger charge is 2.17. The predicted molar refractivity (Wildman–Crippen MR) is 114 cm³/mol. The number of benzene rings is 2. The summed E-state index contributed by atoms with van der Waals surface area (Å²) in [5.41, 5.74) is 2.99. The van der Waals surface area contributed by atoms with E-state index in [9.17, 15) is 9.59 Å². The molecule has 0 amide bonds. The van der Waals surface area contributed by atoms with E-state index in [1.165, 1.54) is 0 Å². The summed E-state index contributed by atoms with van der Waals surface area (Å²) >= 11 is 3.33. The van der Waals surface area contributed by atoms with Crippen molar-refractivity contribution >= 4 is 38.6 Å². The van der Waals surface area contributed by atoms with Crippen LogP contribution in [-0.4, -0.2) is 28.3 Å². The average molecular weight is 447 g/mol. The molecule has 0 fully saturated rings. The number of carbonyl (C=O) groups is 2. The van der Waals surface area contributed by atoms with Crippen molar-refractivity contribution in [1.82, 2.24) is 9.97 Å². The Bertz CT molecular complexity index is 1210. The van der Waals surface area contributed by atoms with Crippen molar-refractivity contribution in [2.24, 2.45) is 0 Å². The molecule has 0 bridgehead atoms. The number of ether oxygens (including phenoxy) is 1. The van der Waals surface area contributed by atoms with Crippen molar-refractivity contribution in [3.8, 4) is 11.3 Å². The molecule has 0 saturated heterocycles. The van der Waals surface area contributed by atoms with E-state index in [4.69, 9.17) is 4.74 Å². The van der Waals surface area contributed by atoms with E-state index in [0.717, 1.165) is 10.0 Å². The van der Waals surface area contributed by atoms with Crippen LogP contribution in [0.15, 0.2) is 83.6 Å². The normalized spacial score (nSPS) is 10.7. The smallest absolute Gasteiger partial charge is 0.339 e. The van der Waals surface area contributed by atoms with Gasteiger partial charge in [-0.25, -0.2) is 9.78 Å². The van der Waals surface area contributed by atoms with Crippen LogP contribution in [0.25, 0.3) is 22.2 Å². The Morgan fingerprint density at radius 1 is 0.931 bits per heavy atom. The molecule has 4 rings (SSSR count). The first kappa shape index (κ1) is 19.0. The zero-order valence-corrected chi connectivity index (χ0v) is 16.8. The van der Waals surface area contributed by atoms with E-state index in [1.807, 2.05) is 42.5 Å².